The molecule has 2 nitrogen and oxygen atoms in total. The molecule has 0 aliphatic rings. The molecule has 114 valence electrons. The first-order valence-corrected chi connectivity index (χ1v) is 7.92. The number of benzene rings is 1. The van der Waals surface area contributed by atoms with Gasteiger partial charge < -0.3 is 5.73 Å². The topological polar surface area (TPSA) is 29.3 Å². The summed E-state index contributed by atoms with van der Waals surface area (Å²) in [4.78, 5) is 2.47. The minimum absolute atomic E-state index is 0.457. The Labute approximate surface area is 125 Å². The lowest BCUT2D eigenvalue weighted by Gasteiger charge is -2.35. The Balaban J connectivity index is 2.62. The van der Waals surface area contributed by atoms with Crippen molar-refractivity contribution < 1.29 is 0 Å². The molecule has 0 bridgehead atoms. The first-order chi connectivity index (χ1) is 9.45. The second kappa shape index (κ2) is 8.43. The predicted octanol–water partition coefficient (Wildman–Crippen LogP) is 3.87. The van der Waals surface area contributed by atoms with Crippen molar-refractivity contribution in [1.82, 2.24) is 4.90 Å². The number of likely N-dealkylation sites (N-methyl/N-ethyl adjacent to an activating group) is 1. The standard InChI is InChI=1S/C18H32N2/c1-14(2)11-16(4)20(5)18(13-19)12-15(3)17-9-7-6-8-10-17/h6-10,14-16,18H,11-13,19H2,1-5H3. The second-order valence-electron chi connectivity index (χ2n) is 6.58. The molecule has 1 aromatic carbocycles. The van der Waals surface area contributed by atoms with Crippen LogP contribution in [0.4, 0.5) is 0 Å². The summed E-state index contributed by atoms with van der Waals surface area (Å²) in [5.74, 6) is 1.29. The summed E-state index contributed by atoms with van der Waals surface area (Å²) in [7, 11) is 2.22. The molecule has 0 saturated carbocycles. The maximum absolute atomic E-state index is 6.03. The van der Waals surface area contributed by atoms with Crippen molar-refractivity contribution in [3.05, 3.63) is 35.9 Å². The maximum atomic E-state index is 6.03. The van der Waals surface area contributed by atoms with Gasteiger partial charge in [0.1, 0.15) is 0 Å². The Bertz CT molecular complexity index is 361. The fourth-order valence-electron chi connectivity index (χ4n) is 2.96. The molecule has 1 rings (SSSR count). The zero-order valence-electron chi connectivity index (χ0n) is 13.8. The lowest BCUT2D eigenvalue weighted by atomic mass is 9.92. The lowest BCUT2D eigenvalue weighted by molar-refractivity contribution is 0.156. The van der Waals surface area contributed by atoms with Gasteiger partial charge in [-0.1, -0.05) is 51.1 Å². The molecule has 0 aliphatic carbocycles. The van der Waals surface area contributed by atoms with E-state index in [0.717, 1.165) is 18.9 Å². The van der Waals surface area contributed by atoms with Gasteiger partial charge in [0.15, 0.2) is 0 Å². The summed E-state index contributed by atoms with van der Waals surface area (Å²) in [6.45, 7) is 9.92. The van der Waals surface area contributed by atoms with Crippen LogP contribution in [0.15, 0.2) is 30.3 Å². The van der Waals surface area contributed by atoms with Crippen LogP contribution in [0, 0.1) is 5.92 Å². The van der Waals surface area contributed by atoms with Crippen LogP contribution in [-0.2, 0) is 0 Å². The van der Waals surface area contributed by atoms with E-state index in [1.54, 1.807) is 0 Å². The molecule has 0 aliphatic heterocycles. The van der Waals surface area contributed by atoms with Crippen LogP contribution in [0.3, 0.4) is 0 Å². The van der Waals surface area contributed by atoms with Gasteiger partial charge in [-0.2, -0.15) is 0 Å². The normalized spacial score (nSPS) is 16.4. The molecule has 3 unspecified atom stereocenters. The summed E-state index contributed by atoms with van der Waals surface area (Å²) in [5.41, 5.74) is 7.44. The molecule has 0 heterocycles. The van der Waals surface area contributed by atoms with Gasteiger partial charge in [-0.05, 0) is 44.2 Å². The second-order valence-corrected chi connectivity index (χ2v) is 6.58. The van der Waals surface area contributed by atoms with E-state index < -0.39 is 0 Å². The highest BCUT2D eigenvalue weighted by Gasteiger charge is 2.21. The Morgan fingerprint density at radius 1 is 1.00 bits per heavy atom. The van der Waals surface area contributed by atoms with E-state index in [9.17, 15) is 0 Å². The largest absolute Gasteiger partial charge is 0.329 e. The van der Waals surface area contributed by atoms with Gasteiger partial charge in [0.05, 0.1) is 0 Å². The quantitative estimate of drug-likeness (QED) is 0.781. The van der Waals surface area contributed by atoms with E-state index >= 15 is 0 Å². The van der Waals surface area contributed by atoms with Gasteiger partial charge in [-0.3, -0.25) is 4.90 Å². The minimum Gasteiger partial charge on any atom is -0.329 e. The van der Waals surface area contributed by atoms with Crippen molar-refractivity contribution in [2.24, 2.45) is 11.7 Å². The zero-order valence-corrected chi connectivity index (χ0v) is 13.8. The first kappa shape index (κ1) is 17.2. The van der Waals surface area contributed by atoms with E-state index in [2.05, 4.69) is 70.0 Å². The lowest BCUT2D eigenvalue weighted by Crippen LogP contribution is -2.44. The third-order valence-corrected chi connectivity index (χ3v) is 4.35. The Hall–Kier alpha value is -0.860. The van der Waals surface area contributed by atoms with Crippen LogP contribution in [0.2, 0.25) is 0 Å². The molecular formula is C18H32N2. The highest BCUT2D eigenvalue weighted by molar-refractivity contribution is 5.18. The maximum Gasteiger partial charge on any atom is 0.0223 e. The van der Waals surface area contributed by atoms with Gasteiger partial charge in [-0.15, -0.1) is 0 Å². The van der Waals surface area contributed by atoms with Gasteiger partial charge in [0.25, 0.3) is 0 Å². The summed E-state index contributed by atoms with van der Waals surface area (Å²) in [6, 6.07) is 11.8. The summed E-state index contributed by atoms with van der Waals surface area (Å²) < 4.78 is 0. The average molecular weight is 276 g/mol. The van der Waals surface area contributed by atoms with Crippen molar-refractivity contribution in [3.63, 3.8) is 0 Å². The van der Waals surface area contributed by atoms with Crippen molar-refractivity contribution >= 4 is 0 Å². The van der Waals surface area contributed by atoms with Crippen LogP contribution in [-0.4, -0.2) is 30.6 Å². The average Bonchev–Trinajstić information content (AvgIpc) is 2.44. The summed E-state index contributed by atoms with van der Waals surface area (Å²) >= 11 is 0. The smallest absolute Gasteiger partial charge is 0.0223 e. The number of nitrogens with two attached hydrogens (primary N) is 1. The molecule has 0 spiro atoms. The third kappa shape index (κ3) is 5.26. The van der Waals surface area contributed by atoms with Crippen LogP contribution in [0.5, 0.6) is 0 Å². The molecule has 2 N–H and O–H groups in total. The fraction of sp³-hybridized carbons (Fsp3) is 0.667. The van der Waals surface area contributed by atoms with E-state index in [1.807, 2.05) is 0 Å². The van der Waals surface area contributed by atoms with Gasteiger partial charge in [-0.25, -0.2) is 0 Å². The molecule has 2 heteroatoms. The molecule has 0 fully saturated rings. The van der Waals surface area contributed by atoms with Gasteiger partial charge in [0, 0.05) is 18.6 Å². The Kier molecular flexibility index (Phi) is 7.25. The number of nitrogens with zero attached hydrogens (tertiary/aromatic N) is 1. The predicted molar refractivity (Wildman–Crippen MR) is 89.0 cm³/mol. The Morgan fingerprint density at radius 2 is 1.60 bits per heavy atom. The number of hydrogen-bond acceptors (Lipinski definition) is 2. The minimum atomic E-state index is 0.457. The molecule has 0 amide bonds. The van der Waals surface area contributed by atoms with Crippen molar-refractivity contribution in [2.75, 3.05) is 13.6 Å². The molecule has 0 radical (unpaired) electrons. The van der Waals surface area contributed by atoms with E-state index in [4.69, 9.17) is 5.73 Å². The summed E-state index contributed by atoms with van der Waals surface area (Å²) in [5, 5.41) is 0. The third-order valence-electron chi connectivity index (χ3n) is 4.35. The molecule has 0 saturated heterocycles. The first-order valence-electron chi connectivity index (χ1n) is 7.92. The van der Waals surface area contributed by atoms with Crippen molar-refractivity contribution in [2.45, 2.75) is 58.5 Å². The Morgan fingerprint density at radius 3 is 2.10 bits per heavy atom. The van der Waals surface area contributed by atoms with Crippen LogP contribution in [0.1, 0.15) is 52.0 Å². The van der Waals surface area contributed by atoms with Gasteiger partial charge in [0.2, 0.25) is 0 Å². The molecule has 3 atom stereocenters. The summed E-state index contributed by atoms with van der Waals surface area (Å²) in [6.07, 6.45) is 2.35. The van der Waals surface area contributed by atoms with Crippen LogP contribution >= 0.6 is 0 Å². The van der Waals surface area contributed by atoms with E-state index in [1.165, 1.54) is 12.0 Å². The zero-order chi connectivity index (χ0) is 15.1. The number of hydrogen-bond donors (Lipinski definition) is 1. The molecule has 20 heavy (non-hydrogen) atoms. The number of rotatable bonds is 8. The van der Waals surface area contributed by atoms with Crippen LogP contribution in [0.25, 0.3) is 0 Å². The SMILES string of the molecule is CC(C)CC(C)N(C)C(CN)CC(C)c1ccccc1. The fourth-order valence-corrected chi connectivity index (χ4v) is 2.96. The van der Waals surface area contributed by atoms with E-state index in [0.29, 0.717) is 18.0 Å². The monoisotopic (exact) mass is 276 g/mol. The van der Waals surface area contributed by atoms with E-state index in [-0.39, 0.29) is 0 Å². The molecule has 1 aromatic rings. The highest BCUT2D eigenvalue weighted by atomic mass is 15.2. The van der Waals surface area contributed by atoms with Gasteiger partial charge >= 0.3 is 0 Å². The van der Waals surface area contributed by atoms with Crippen LogP contribution < -0.4 is 5.73 Å². The molecule has 0 aromatic heterocycles. The highest BCUT2D eigenvalue weighted by Crippen LogP contribution is 2.23. The molecular weight excluding hydrogens is 244 g/mol. The van der Waals surface area contributed by atoms with Crippen molar-refractivity contribution in [3.8, 4) is 0 Å². The van der Waals surface area contributed by atoms with Crippen molar-refractivity contribution in [1.29, 1.82) is 0 Å².